The Labute approximate surface area is 148 Å². The summed E-state index contributed by atoms with van der Waals surface area (Å²) in [6.07, 6.45) is 6.49. The van der Waals surface area contributed by atoms with Gasteiger partial charge in [-0.15, -0.1) is 11.3 Å². The summed E-state index contributed by atoms with van der Waals surface area (Å²) in [4.78, 5) is 14.2. The molecule has 0 fully saturated rings. The number of unbranched alkanes of at least 4 members (excludes halogenated alkanes) is 1. The Kier molecular flexibility index (Phi) is 4.82. The average molecular weight is 343 g/mol. The Morgan fingerprint density at radius 2 is 1.96 bits per heavy atom. The van der Waals surface area contributed by atoms with Crippen LogP contribution in [-0.2, 0) is 19.3 Å². The maximum Gasteiger partial charge on any atom is 0.337 e. The van der Waals surface area contributed by atoms with Crippen molar-refractivity contribution >= 4 is 17.3 Å². The highest BCUT2D eigenvalue weighted by Crippen LogP contribution is 2.45. The Morgan fingerprint density at radius 3 is 2.58 bits per heavy atom. The number of aromatic carboxylic acids is 1. The van der Waals surface area contributed by atoms with Gasteiger partial charge in [0.1, 0.15) is 0 Å². The first-order valence-corrected chi connectivity index (χ1v) is 9.70. The molecule has 0 radical (unpaired) electrons. The third-order valence-corrected chi connectivity index (χ3v) is 6.36. The van der Waals surface area contributed by atoms with Gasteiger partial charge in [-0.3, -0.25) is 0 Å². The molecule has 3 rings (SSSR count). The van der Waals surface area contributed by atoms with E-state index in [0.717, 1.165) is 41.7 Å². The molecule has 0 saturated heterocycles. The molecule has 2 nitrogen and oxygen atoms in total. The van der Waals surface area contributed by atoms with Crippen LogP contribution in [0.15, 0.2) is 24.3 Å². The topological polar surface area (TPSA) is 37.3 Å². The number of hydrogen-bond donors (Lipinski definition) is 1. The minimum Gasteiger partial charge on any atom is -0.478 e. The van der Waals surface area contributed by atoms with Gasteiger partial charge >= 0.3 is 5.97 Å². The summed E-state index contributed by atoms with van der Waals surface area (Å²) in [5, 5.41) is 9.82. The molecule has 128 valence electrons. The first-order chi connectivity index (χ1) is 11.4. The van der Waals surface area contributed by atoms with Crippen molar-refractivity contribution in [2.24, 2.45) is 5.41 Å². The zero-order valence-corrected chi connectivity index (χ0v) is 15.6. The second-order valence-corrected chi connectivity index (χ2v) is 8.76. The van der Waals surface area contributed by atoms with Crippen LogP contribution in [0.2, 0.25) is 0 Å². The smallest absolute Gasteiger partial charge is 0.337 e. The summed E-state index contributed by atoms with van der Waals surface area (Å²) < 4.78 is 0. The van der Waals surface area contributed by atoms with Crippen molar-refractivity contribution in [3.05, 3.63) is 45.8 Å². The molecule has 24 heavy (non-hydrogen) atoms. The Morgan fingerprint density at radius 1 is 1.25 bits per heavy atom. The second-order valence-electron chi connectivity index (χ2n) is 7.65. The van der Waals surface area contributed by atoms with Crippen molar-refractivity contribution < 1.29 is 9.90 Å². The average Bonchev–Trinajstić information content (AvgIpc) is 2.90. The van der Waals surface area contributed by atoms with E-state index in [4.69, 9.17) is 0 Å². The molecule has 0 saturated carbocycles. The van der Waals surface area contributed by atoms with E-state index in [1.54, 1.807) is 11.3 Å². The van der Waals surface area contributed by atoms with Crippen LogP contribution in [0, 0.1) is 5.41 Å². The molecule has 0 bridgehead atoms. The number of carboxylic acid groups (broad SMARTS) is 1. The van der Waals surface area contributed by atoms with Gasteiger partial charge in [-0.05, 0) is 54.2 Å². The summed E-state index contributed by atoms with van der Waals surface area (Å²) in [6.45, 7) is 6.67. The molecule has 1 aromatic carbocycles. The minimum atomic E-state index is -0.782. The monoisotopic (exact) mass is 342 g/mol. The van der Waals surface area contributed by atoms with Crippen molar-refractivity contribution in [3.63, 3.8) is 0 Å². The van der Waals surface area contributed by atoms with Crippen LogP contribution in [0.3, 0.4) is 0 Å². The van der Waals surface area contributed by atoms with Gasteiger partial charge < -0.3 is 5.11 Å². The summed E-state index contributed by atoms with van der Waals surface area (Å²) >= 11 is 1.69. The van der Waals surface area contributed by atoms with Gasteiger partial charge in [0.15, 0.2) is 0 Å². The zero-order chi connectivity index (χ0) is 17.3. The van der Waals surface area contributed by atoms with Crippen LogP contribution in [0.1, 0.15) is 66.4 Å². The van der Waals surface area contributed by atoms with Crippen molar-refractivity contribution in [1.29, 1.82) is 0 Å². The second kappa shape index (κ2) is 6.72. The Bertz CT molecular complexity index is 738. The molecule has 1 aromatic heterocycles. The summed E-state index contributed by atoms with van der Waals surface area (Å²) in [6, 6.07) is 8.50. The number of thiophene rings is 1. The van der Waals surface area contributed by atoms with E-state index >= 15 is 0 Å². The maximum absolute atomic E-state index is 12.0. The van der Waals surface area contributed by atoms with Crippen molar-refractivity contribution in [2.45, 2.75) is 59.3 Å². The zero-order valence-electron chi connectivity index (χ0n) is 14.8. The third-order valence-electron chi connectivity index (χ3n) is 5.02. The van der Waals surface area contributed by atoms with Crippen LogP contribution in [-0.4, -0.2) is 11.1 Å². The van der Waals surface area contributed by atoms with Gasteiger partial charge in [-0.1, -0.05) is 51.5 Å². The number of hydrogen-bond acceptors (Lipinski definition) is 2. The molecule has 0 amide bonds. The number of fused-ring (bicyclic) bond motifs is 1. The van der Waals surface area contributed by atoms with Gasteiger partial charge in [0.05, 0.1) is 5.56 Å². The van der Waals surface area contributed by atoms with Crippen LogP contribution < -0.4 is 0 Å². The predicted molar refractivity (Wildman–Crippen MR) is 101 cm³/mol. The fraction of sp³-hybridized carbons (Fsp3) is 0.476. The van der Waals surface area contributed by atoms with Crippen LogP contribution in [0.25, 0.3) is 10.4 Å². The normalized spacial score (nSPS) is 16.0. The number of carboxylic acids is 1. The lowest BCUT2D eigenvalue weighted by Crippen LogP contribution is -2.22. The van der Waals surface area contributed by atoms with E-state index in [9.17, 15) is 9.90 Å². The van der Waals surface area contributed by atoms with E-state index in [-0.39, 0.29) is 5.41 Å². The van der Waals surface area contributed by atoms with E-state index in [1.807, 2.05) is 0 Å². The molecule has 1 aliphatic rings. The van der Waals surface area contributed by atoms with Crippen LogP contribution in [0.4, 0.5) is 0 Å². The van der Waals surface area contributed by atoms with Gasteiger partial charge in [0.2, 0.25) is 0 Å². The van der Waals surface area contributed by atoms with Crippen LogP contribution in [0.5, 0.6) is 0 Å². The highest BCUT2D eigenvalue weighted by molar-refractivity contribution is 7.16. The highest BCUT2D eigenvalue weighted by atomic mass is 32.1. The molecule has 0 spiro atoms. The highest BCUT2D eigenvalue weighted by Gasteiger charge is 2.32. The van der Waals surface area contributed by atoms with E-state index < -0.39 is 5.97 Å². The molecule has 1 aliphatic carbocycles. The number of benzene rings is 1. The van der Waals surface area contributed by atoms with E-state index in [2.05, 4.69) is 45.0 Å². The van der Waals surface area contributed by atoms with Gasteiger partial charge in [-0.2, -0.15) is 0 Å². The van der Waals surface area contributed by atoms with Gasteiger partial charge in [0.25, 0.3) is 0 Å². The molecule has 2 aromatic rings. The molecule has 1 heterocycles. The van der Waals surface area contributed by atoms with E-state index in [0.29, 0.717) is 5.56 Å². The molecule has 0 atom stereocenters. The molecular weight excluding hydrogens is 316 g/mol. The number of carbonyl (C=O) groups is 1. The lowest BCUT2D eigenvalue weighted by atomic mass is 9.76. The minimum absolute atomic E-state index is 0.194. The quantitative estimate of drug-likeness (QED) is 0.726. The Hall–Kier alpha value is -1.61. The van der Waals surface area contributed by atoms with Crippen molar-refractivity contribution in [3.8, 4) is 10.4 Å². The summed E-state index contributed by atoms with van der Waals surface area (Å²) in [5.41, 5.74) is 4.20. The van der Waals surface area contributed by atoms with Crippen molar-refractivity contribution in [2.75, 3.05) is 0 Å². The standard InChI is InChI=1S/C21H26O2S/c1-4-5-6-14-7-9-15(10-8-14)19-18(20(22)23)16-13-21(2,3)12-11-17(16)24-19/h7-10H,4-6,11-13H2,1-3H3,(H,22,23). The predicted octanol–water partition coefficient (Wildman–Crippen LogP) is 5.97. The first kappa shape index (κ1) is 17.2. The van der Waals surface area contributed by atoms with Crippen LogP contribution >= 0.6 is 11.3 Å². The fourth-order valence-corrected chi connectivity index (χ4v) is 4.87. The maximum atomic E-state index is 12.0. The van der Waals surface area contributed by atoms with E-state index in [1.165, 1.54) is 23.3 Å². The largest absolute Gasteiger partial charge is 0.478 e. The lowest BCUT2D eigenvalue weighted by Gasteiger charge is -2.29. The lowest BCUT2D eigenvalue weighted by molar-refractivity contribution is 0.0696. The summed E-state index contributed by atoms with van der Waals surface area (Å²) in [7, 11) is 0. The third kappa shape index (κ3) is 3.41. The fourth-order valence-electron chi connectivity index (χ4n) is 3.55. The Balaban J connectivity index is 1.99. The number of rotatable bonds is 5. The SMILES string of the molecule is CCCCc1ccc(-c2sc3c(c2C(=O)O)CC(C)(C)CC3)cc1. The first-order valence-electron chi connectivity index (χ1n) is 8.88. The molecule has 0 aliphatic heterocycles. The molecule has 3 heteroatoms. The van der Waals surface area contributed by atoms with Gasteiger partial charge in [-0.25, -0.2) is 4.79 Å². The molecule has 1 N–H and O–H groups in total. The van der Waals surface area contributed by atoms with Gasteiger partial charge in [0, 0.05) is 9.75 Å². The molecular formula is C21H26O2S. The van der Waals surface area contributed by atoms with Crippen molar-refractivity contribution in [1.82, 2.24) is 0 Å². The summed E-state index contributed by atoms with van der Waals surface area (Å²) in [5.74, 6) is -0.782. The number of aryl methyl sites for hydroxylation is 2. The molecule has 0 unspecified atom stereocenters.